The Morgan fingerprint density at radius 3 is 2.26 bits per heavy atom. The van der Waals surface area contributed by atoms with Crippen LogP contribution in [-0.4, -0.2) is 60.7 Å². The second-order valence-electron chi connectivity index (χ2n) is 7.33. The Bertz CT molecular complexity index is 1130. The summed E-state index contributed by atoms with van der Waals surface area (Å²) < 4.78 is 53.3. The molecule has 0 bridgehead atoms. The summed E-state index contributed by atoms with van der Waals surface area (Å²) >= 11 is 12.2. The van der Waals surface area contributed by atoms with Crippen LogP contribution in [0.5, 0.6) is 0 Å². The summed E-state index contributed by atoms with van der Waals surface area (Å²) in [5.41, 5.74) is -1.06. The molecule has 2 aromatic heterocycles. The van der Waals surface area contributed by atoms with E-state index in [1.54, 1.807) is 11.0 Å². The van der Waals surface area contributed by atoms with E-state index in [-0.39, 0.29) is 39.2 Å². The molecule has 1 amide bonds. The SMILES string of the molecule is COCCN(CCOC)Cc1c(C(F)(F)F)nc2c(NC(=O)c3c(Cl)cccc3Cl)cccn12. The monoisotopic (exact) mass is 518 g/mol. The molecule has 7 nitrogen and oxygen atoms in total. The molecule has 0 aliphatic rings. The number of halogens is 5. The first-order chi connectivity index (χ1) is 16.2. The first-order valence-electron chi connectivity index (χ1n) is 10.2. The molecule has 0 saturated heterocycles. The van der Waals surface area contributed by atoms with Crippen molar-refractivity contribution in [3.8, 4) is 0 Å². The maximum Gasteiger partial charge on any atom is 0.435 e. The second kappa shape index (κ2) is 11.4. The number of hydrogen-bond donors (Lipinski definition) is 1. The average molecular weight is 519 g/mol. The van der Waals surface area contributed by atoms with Gasteiger partial charge in [0.2, 0.25) is 0 Å². The Morgan fingerprint density at radius 1 is 1.09 bits per heavy atom. The molecular formula is C22H23Cl2F3N4O3. The summed E-state index contributed by atoms with van der Waals surface area (Å²) in [6.45, 7) is 1.40. The molecule has 3 rings (SSSR count). The van der Waals surface area contributed by atoms with Crippen LogP contribution in [0.25, 0.3) is 5.65 Å². The second-order valence-corrected chi connectivity index (χ2v) is 8.15. The molecule has 34 heavy (non-hydrogen) atoms. The summed E-state index contributed by atoms with van der Waals surface area (Å²) in [5.74, 6) is -0.663. The lowest BCUT2D eigenvalue weighted by Gasteiger charge is -2.22. The van der Waals surface area contributed by atoms with E-state index in [0.29, 0.717) is 26.3 Å². The number of carbonyl (C=O) groups is 1. The fraction of sp³-hybridized carbons (Fsp3) is 0.364. The van der Waals surface area contributed by atoms with Crippen molar-refractivity contribution in [3.05, 3.63) is 63.5 Å². The lowest BCUT2D eigenvalue weighted by Crippen LogP contribution is -2.31. The number of amides is 1. The van der Waals surface area contributed by atoms with Gasteiger partial charge in [0.15, 0.2) is 11.3 Å². The van der Waals surface area contributed by atoms with Crippen molar-refractivity contribution in [1.29, 1.82) is 0 Å². The highest BCUT2D eigenvalue weighted by Gasteiger charge is 2.38. The molecule has 2 heterocycles. The highest BCUT2D eigenvalue weighted by molar-refractivity contribution is 6.40. The largest absolute Gasteiger partial charge is 0.435 e. The zero-order chi connectivity index (χ0) is 24.9. The van der Waals surface area contributed by atoms with Crippen LogP contribution in [0.15, 0.2) is 36.5 Å². The number of imidazole rings is 1. The van der Waals surface area contributed by atoms with Crippen molar-refractivity contribution in [2.75, 3.05) is 45.8 Å². The van der Waals surface area contributed by atoms with Crippen LogP contribution < -0.4 is 5.32 Å². The molecule has 0 radical (unpaired) electrons. The number of anilines is 1. The van der Waals surface area contributed by atoms with E-state index in [2.05, 4.69) is 10.3 Å². The summed E-state index contributed by atoms with van der Waals surface area (Å²) in [7, 11) is 3.04. The maximum absolute atomic E-state index is 13.9. The number of rotatable bonds is 10. The van der Waals surface area contributed by atoms with Crippen molar-refractivity contribution in [1.82, 2.24) is 14.3 Å². The number of alkyl halides is 3. The van der Waals surface area contributed by atoms with Gasteiger partial charge in [-0.2, -0.15) is 13.2 Å². The van der Waals surface area contributed by atoms with Crippen LogP contribution in [0.3, 0.4) is 0 Å². The van der Waals surface area contributed by atoms with Gasteiger partial charge in [0.1, 0.15) is 0 Å². The lowest BCUT2D eigenvalue weighted by molar-refractivity contribution is -0.141. The number of pyridine rings is 1. The topological polar surface area (TPSA) is 68.1 Å². The van der Waals surface area contributed by atoms with E-state index in [4.69, 9.17) is 32.7 Å². The van der Waals surface area contributed by atoms with Crippen LogP contribution in [0.1, 0.15) is 21.7 Å². The first kappa shape index (κ1) is 26.2. The Kier molecular flexibility index (Phi) is 8.78. The fourth-order valence-electron chi connectivity index (χ4n) is 3.41. The standard InChI is InChI=1S/C22H23Cl2F3N4O3/c1-33-11-9-30(10-12-34-2)13-17-19(22(25,26)27)29-20-16(7-4-8-31(17)20)28-21(32)18-14(23)5-3-6-15(18)24/h3-8H,9-13H2,1-2H3,(H,28,32). The van der Waals surface area contributed by atoms with Gasteiger partial charge in [0.25, 0.3) is 5.91 Å². The fourth-order valence-corrected chi connectivity index (χ4v) is 3.98. The number of nitrogens with zero attached hydrogens (tertiary/aromatic N) is 3. The third-order valence-corrected chi connectivity index (χ3v) is 5.68. The van der Waals surface area contributed by atoms with Crippen LogP contribution in [0.2, 0.25) is 10.0 Å². The van der Waals surface area contributed by atoms with Gasteiger partial charge in [-0.15, -0.1) is 0 Å². The van der Waals surface area contributed by atoms with Crippen LogP contribution in [0, 0.1) is 0 Å². The average Bonchev–Trinajstić information content (AvgIpc) is 3.15. The Morgan fingerprint density at radius 2 is 1.71 bits per heavy atom. The van der Waals surface area contributed by atoms with Crippen LogP contribution in [-0.2, 0) is 22.2 Å². The van der Waals surface area contributed by atoms with Crippen LogP contribution >= 0.6 is 23.2 Å². The smallest absolute Gasteiger partial charge is 0.383 e. The molecule has 0 aliphatic carbocycles. The number of aromatic nitrogens is 2. The number of fused-ring (bicyclic) bond motifs is 1. The molecule has 3 aromatic rings. The van der Waals surface area contributed by atoms with Crippen molar-refractivity contribution < 1.29 is 27.4 Å². The molecule has 0 unspecified atom stereocenters. The number of benzene rings is 1. The van der Waals surface area contributed by atoms with Gasteiger partial charge >= 0.3 is 6.18 Å². The van der Waals surface area contributed by atoms with Gasteiger partial charge in [-0.05, 0) is 24.3 Å². The van der Waals surface area contributed by atoms with E-state index in [1.807, 2.05) is 0 Å². The molecule has 0 spiro atoms. The summed E-state index contributed by atoms with van der Waals surface area (Å²) in [4.78, 5) is 18.5. The minimum atomic E-state index is -4.71. The van der Waals surface area contributed by atoms with Gasteiger partial charge in [-0.1, -0.05) is 29.3 Å². The van der Waals surface area contributed by atoms with Crippen molar-refractivity contribution in [3.63, 3.8) is 0 Å². The van der Waals surface area contributed by atoms with Crippen molar-refractivity contribution >= 4 is 40.4 Å². The van der Waals surface area contributed by atoms with E-state index in [9.17, 15) is 18.0 Å². The van der Waals surface area contributed by atoms with E-state index in [0.717, 1.165) is 0 Å². The first-order valence-corrected chi connectivity index (χ1v) is 11.0. The normalized spacial score (nSPS) is 12.0. The number of nitrogens with one attached hydrogen (secondary N) is 1. The summed E-state index contributed by atoms with van der Waals surface area (Å²) in [6, 6.07) is 7.55. The summed E-state index contributed by atoms with van der Waals surface area (Å²) in [5, 5.41) is 2.81. The molecule has 0 fully saturated rings. The Balaban J connectivity index is 2.03. The van der Waals surface area contributed by atoms with Gasteiger partial charge in [0, 0.05) is 40.1 Å². The number of ether oxygens (including phenoxy) is 2. The van der Waals surface area contributed by atoms with Crippen molar-refractivity contribution in [2.24, 2.45) is 0 Å². The molecule has 0 aliphatic heterocycles. The van der Waals surface area contributed by atoms with Gasteiger partial charge < -0.3 is 19.2 Å². The van der Waals surface area contributed by atoms with Gasteiger partial charge in [-0.3, -0.25) is 9.69 Å². The molecule has 184 valence electrons. The van der Waals surface area contributed by atoms with Gasteiger partial charge in [0.05, 0.1) is 40.2 Å². The number of hydrogen-bond acceptors (Lipinski definition) is 5. The molecule has 12 heteroatoms. The number of carbonyl (C=O) groups excluding carboxylic acids is 1. The predicted molar refractivity (Wildman–Crippen MR) is 124 cm³/mol. The lowest BCUT2D eigenvalue weighted by atomic mass is 10.2. The Labute approximate surface area is 204 Å². The third kappa shape index (κ3) is 6.00. The quantitative estimate of drug-likeness (QED) is 0.408. The zero-order valence-corrected chi connectivity index (χ0v) is 20.0. The van der Waals surface area contributed by atoms with Gasteiger partial charge in [-0.25, -0.2) is 4.98 Å². The minimum absolute atomic E-state index is 0.0148. The third-order valence-electron chi connectivity index (χ3n) is 5.05. The number of methoxy groups -OCH3 is 2. The Hall–Kier alpha value is -2.37. The maximum atomic E-state index is 13.9. The molecule has 1 N–H and O–H groups in total. The highest BCUT2D eigenvalue weighted by atomic mass is 35.5. The minimum Gasteiger partial charge on any atom is -0.383 e. The highest BCUT2D eigenvalue weighted by Crippen LogP contribution is 2.34. The molecule has 0 atom stereocenters. The predicted octanol–water partition coefficient (Wildman–Crippen LogP) is 5.01. The van der Waals surface area contributed by atoms with E-state index >= 15 is 0 Å². The van der Waals surface area contributed by atoms with Crippen molar-refractivity contribution in [2.45, 2.75) is 12.7 Å². The summed E-state index contributed by atoms with van der Waals surface area (Å²) in [6.07, 6.45) is -3.24. The zero-order valence-electron chi connectivity index (χ0n) is 18.5. The van der Waals surface area contributed by atoms with Crippen LogP contribution in [0.4, 0.5) is 18.9 Å². The van der Waals surface area contributed by atoms with E-state index in [1.165, 1.54) is 49.1 Å². The molecule has 0 saturated carbocycles. The van der Waals surface area contributed by atoms with E-state index < -0.39 is 17.8 Å². The molecular weight excluding hydrogens is 496 g/mol. The molecule has 1 aromatic carbocycles.